The van der Waals surface area contributed by atoms with E-state index in [9.17, 15) is 4.79 Å². The van der Waals surface area contributed by atoms with Crippen LogP contribution >= 0.6 is 0 Å². The van der Waals surface area contributed by atoms with Crippen LogP contribution in [0.2, 0.25) is 0 Å². The molecule has 0 saturated heterocycles. The van der Waals surface area contributed by atoms with E-state index < -0.39 is 6.10 Å². The van der Waals surface area contributed by atoms with Crippen molar-refractivity contribution in [1.82, 2.24) is 0 Å². The number of hydrogen-bond acceptors (Lipinski definition) is 3. The molecule has 0 fully saturated rings. The van der Waals surface area contributed by atoms with Crippen molar-refractivity contribution in [2.24, 2.45) is 0 Å². The molecule has 3 aromatic carbocycles. The first-order chi connectivity index (χ1) is 14.7. The number of rotatable bonds is 10. The first-order valence-corrected chi connectivity index (χ1v) is 10.5. The van der Waals surface area contributed by atoms with E-state index in [0.717, 1.165) is 29.0 Å². The van der Waals surface area contributed by atoms with E-state index >= 15 is 0 Å². The quantitative estimate of drug-likeness (QED) is 0.402. The molecule has 0 radical (unpaired) electrons. The minimum atomic E-state index is -0.613. The fourth-order valence-corrected chi connectivity index (χ4v) is 3.03. The van der Waals surface area contributed by atoms with E-state index in [4.69, 9.17) is 9.47 Å². The Balaban J connectivity index is 1.49. The molecule has 4 heteroatoms. The number of nitrogens with one attached hydrogen (secondary N) is 1. The van der Waals surface area contributed by atoms with Gasteiger partial charge < -0.3 is 14.8 Å². The Kier molecular flexibility index (Phi) is 7.90. The van der Waals surface area contributed by atoms with Gasteiger partial charge in [-0.05, 0) is 60.9 Å². The Morgan fingerprint density at radius 2 is 1.47 bits per heavy atom. The molecule has 4 nitrogen and oxygen atoms in total. The Hall–Kier alpha value is -3.27. The number of ether oxygens (including phenoxy) is 2. The summed E-state index contributed by atoms with van der Waals surface area (Å²) in [5.74, 6) is 1.28. The minimum Gasteiger partial charge on any atom is -0.494 e. The second-order valence-electron chi connectivity index (χ2n) is 7.22. The normalized spacial score (nSPS) is 11.5. The van der Waals surface area contributed by atoms with Gasteiger partial charge in [0, 0.05) is 5.69 Å². The summed E-state index contributed by atoms with van der Waals surface area (Å²) in [6.45, 7) is 4.63. The van der Waals surface area contributed by atoms with E-state index in [1.165, 1.54) is 12.8 Å². The third-order valence-electron chi connectivity index (χ3n) is 4.78. The van der Waals surface area contributed by atoms with Crippen LogP contribution < -0.4 is 14.8 Å². The van der Waals surface area contributed by atoms with Crippen LogP contribution in [-0.4, -0.2) is 18.6 Å². The summed E-state index contributed by atoms with van der Waals surface area (Å²) >= 11 is 0. The standard InChI is InChI=1S/C26H29NO3/c1-3-4-8-19-29-24-17-13-23(14-18-24)27-26(28)20(2)30-25-15-11-22(12-16-25)21-9-6-5-7-10-21/h5-7,9-18,20H,3-4,8,19H2,1-2H3,(H,27,28). The molecule has 0 bridgehead atoms. The first-order valence-electron chi connectivity index (χ1n) is 10.5. The lowest BCUT2D eigenvalue weighted by Crippen LogP contribution is -2.30. The molecule has 0 aromatic heterocycles. The smallest absolute Gasteiger partial charge is 0.265 e. The van der Waals surface area contributed by atoms with Gasteiger partial charge in [0.15, 0.2) is 6.10 Å². The minimum absolute atomic E-state index is 0.196. The lowest BCUT2D eigenvalue weighted by molar-refractivity contribution is -0.122. The van der Waals surface area contributed by atoms with Crippen LogP contribution in [0.4, 0.5) is 5.69 Å². The summed E-state index contributed by atoms with van der Waals surface area (Å²) in [6, 6.07) is 25.3. The Morgan fingerprint density at radius 1 is 0.833 bits per heavy atom. The van der Waals surface area contributed by atoms with Crippen molar-refractivity contribution in [2.45, 2.75) is 39.2 Å². The molecule has 1 amide bonds. The summed E-state index contributed by atoms with van der Waals surface area (Å²) in [5.41, 5.74) is 2.97. The van der Waals surface area contributed by atoms with Crippen molar-refractivity contribution in [2.75, 3.05) is 11.9 Å². The van der Waals surface area contributed by atoms with Gasteiger partial charge in [0.25, 0.3) is 5.91 Å². The van der Waals surface area contributed by atoms with Gasteiger partial charge in [-0.3, -0.25) is 4.79 Å². The average Bonchev–Trinajstić information content (AvgIpc) is 2.79. The highest BCUT2D eigenvalue weighted by molar-refractivity contribution is 5.94. The zero-order valence-corrected chi connectivity index (χ0v) is 17.6. The van der Waals surface area contributed by atoms with Crippen LogP contribution in [0, 0.1) is 0 Å². The number of amides is 1. The number of carbonyl (C=O) groups is 1. The summed E-state index contributed by atoms with van der Waals surface area (Å²) in [4.78, 5) is 12.5. The van der Waals surface area contributed by atoms with Crippen molar-refractivity contribution < 1.29 is 14.3 Å². The van der Waals surface area contributed by atoms with Crippen LogP contribution in [0.15, 0.2) is 78.9 Å². The van der Waals surface area contributed by atoms with E-state index in [1.54, 1.807) is 6.92 Å². The average molecular weight is 404 g/mol. The number of benzene rings is 3. The van der Waals surface area contributed by atoms with Gasteiger partial charge in [-0.2, -0.15) is 0 Å². The monoisotopic (exact) mass is 403 g/mol. The topological polar surface area (TPSA) is 47.6 Å². The van der Waals surface area contributed by atoms with Gasteiger partial charge in [0.2, 0.25) is 0 Å². The fourth-order valence-electron chi connectivity index (χ4n) is 3.03. The maximum absolute atomic E-state index is 12.5. The Morgan fingerprint density at radius 3 is 2.13 bits per heavy atom. The number of hydrogen-bond donors (Lipinski definition) is 1. The predicted molar refractivity (Wildman–Crippen MR) is 122 cm³/mol. The molecule has 3 aromatic rings. The van der Waals surface area contributed by atoms with Crippen molar-refractivity contribution >= 4 is 11.6 Å². The second-order valence-corrected chi connectivity index (χ2v) is 7.22. The molecular weight excluding hydrogens is 374 g/mol. The third-order valence-corrected chi connectivity index (χ3v) is 4.78. The maximum Gasteiger partial charge on any atom is 0.265 e. The largest absolute Gasteiger partial charge is 0.494 e. The van der Waals surface area contributed by atoms with Gasteiger partial charge in [-0.25, -0.2) is 0 Å². The van der Waals surface area contributed by atoms with E-state index in [1.807, 2.05) is 66.7 Å². The highest BCUT2D eigenvalue weighted by Crippen LogP contribution is 2.23. The number of unbranched alkanes of at least 4 members (excludes halogenated alkanes) is 2. The highest BCUT2D eigenvalue weighted by atomic mass is 16.5. The van der Waals surface area contributed by atoms with Crippen LogP contribution in [0.1, 0.15) is 33.1 Å². The van der Waals surface area contributed by atoms with E-state index in [-0.39, 0.29) is 5.91 Å². The second kappa shape index (κ2) is 11.1. The van der Waals surface area contributed by atoms with E-state index in [2.05, 4.69) is 24.4 Å². The van der Waals surface area contributed by atoms with E-state index in [0.29, 0.717) is 12.4 Å². The molecule has 0 aliphatic heterocycles. The van der Waals surface area contributed by atoms with Gasteiger partial charge in [-0.15, -0.1) is 0 Å². The molecule has 1 atom stereocenters. The summed E-state index contributed by atoms with van der Waals surface area (Å²) in [6.07, 6.45) is 2.78. The van der Waals surface area contributed by atoms with Crippen LogP contribution in [0.5, 0.6) is 11.5 Å². The van der Waals surface area contributed by atoms with Gasteiger partial charge in [0.05, 0.1) is 6.61 Å². The zero-order valence-electron chi connectivity index (χ0n) is 17.6. The molecule has 0 aliphatic rings. The lowest BCUT2D eigenvalue weighted by Gasteiger charge is -2.15. The highest BCUT2D eigenvalue weighted by Gasteiger charge is 2.15. The molecule has 3 rings (SSSR count). The van der Waals surface area contributed by atoms with Crippen LogP contribution in [-0.2, 0) is 4.79 Å². The Labute approximate surface area is 178 Å². The van der Waals surface area contributed by atoms with Crippen LogP contribution in [0.3, 0.4) is 0 Å². The molecule has 1 unspecified atom stereocenters. The maximum atomic E-state index is 12.5. The van der Waals surface area contributed by atoms with Gasteiger partial charge in [-0.1, -0.05) is 62.2 Å². The molecular formula is C26H29NO3. The molecule has 0 heterocycles. The van der Waals surface area contributed by atoms with Crippen molar-refractivity contribution in [3.05, 3.63) is 78.9 Å². The fraction of sp³-hybridized carbons (Fsp3) is 0.269. The predicted octanol–water partition coefficient (Wildman–Crippen LogP) is 6.33. The third kappa shape index (κ3) is 6.38. The van der Waals surface area contributed by atoms with Gasteiger partial charge >= 0.3 is 0 Å². The van der Waals surface area contributed by atoms with Gasteiger partial charge in [0.1, 0.15) is 11.5 Å². The molecule has 0 spiro atoms. The number of anilines is 1. The summed E-state index contributed by atoms with van der Waals surface area (Å²) in [7, 11) is 0. The van der Waals surface area contributed by atoms with Crippen LogP contribution in [0.25, 0.3) is 11.1 Å². The van der Waals surface area contributed by atoms with Crippen molar-refractivity contribution in [1.29, 1.82) is 0 Å². The molecule has 156 valence electrons. The Bertz CT molecular complexity index is 905. The zero-order chi connectivity index (χ0) is 21.2. The molecule has 1 N–H and O–H groups in total. The molecule has 30 heavy (non-hydrogen) atoms. The first kappa shape index (κ1) is 21.4. The molecule has 0 aliphatic carbocycles. The SMILES string of the molecule is CCCCCOc1ccc(NC(=O)C(C)Oc2ccc(-c3ccccc3)cc2)cc1. The summed E-state index contributed by atoms with van der Waals surface area (Å²) in [5, 5.41) is 2.88. The van der Waals surface area contributed by atoms with Crippen molar-refractivity contribution in [3.63, 3.8) is 0 Å². The van der Waals surface area contributed by atoms with Crippen molar-refractivity contribution in [3.8, 4) is 22.6 Å². The lowest BCUT2D eigenvalue weighted by atomic mass is 10.1. The summed E-state index contributed by atoms with van der Waals surface area (Å²) < 4.78 is 11.5. The number of carbonyl (C=O) groups excluding carboxylic acids is 1. The molecule has 0 saturated carbocycles.